The van der Waals surface area contributed by atoms with Gasteiger partial charge in [-0.05, 0) is 55.4 Å². The van der Waals surface area contributed by atoms with E-state index in [9.17, 15) is 14.0 Å². The normalized spacial score (nSPS) is 16.9. The summed E-state index contributed by atoms with van der Waals surface area (Å²) in [5, 5.41) is 12.1. The number of carbonyl (C=O) groups is 2. The van der Waals surface area contributed by atoms with E-state index in [1.807, 2.05) is 0 Å². The van der Waals surface area contributed by atoms with Crippen LogP contribution >= 0.6 is 0 Å². The van der Waals surface area contributed by atoms with Gasteiger partial charge in [-0.25, -0.2) is 9.18 Å². The van der Waals surface area contributed by atoms with Gasteiger partial charge in [-0.3, -0.25) is 4.79 Å². The summed E-state index contributed by atoms with van der Waals surface area (Å²) in [5.74, 6) is 0.0982. The average Bonchev–Trinajstić information content (AvgIpc) is 2.54. The topological polar surface area (TPSA) is 69.6 Å². The van der Waals surface area contributed by atoms with E-state index in [0.29, 0.717) is 24.6 Å². The van der Waals surface area contributed by atoms with E-state index in [-0.39, 0.29) is 23.7 Å². The summed E-state index contributed by atoms with van der Waals surface area (Å²) in [7, 11) is 0. The third-order valence-electron chi connectivity index (χ3n) is 4.53. The van der Waals surface area contributed by atoms with Crippen molar-refractivity contribution >= 4 is 12.0 Å². The molecule has 2 N–H and O–H groups in total. The fourth-order valence-corrected chi connectivity index (χ4v) is 3.22. The highest BCUT2D eigenvalue weighted by molar-refractivity contribution is 5.94. The van der Waals surface area contributed by atoms with Crippen LogP contribution < -0.4 is 5.32 Å². The van der Waals surface area contributed by atoms with Crippen molar-refractivity contribution in [2.75, 3.05) is 13.1 Å². The minimum Gasteiger partial charge on any atom is -0.465 e. The number of hydrogen-bond donors (Lipinski definition) is 2. The summed E-state index contributed by atoms with van der Waals surface area (Å²) in [4.78, 5) is 24.9. The number of halogens is 1. The molecule has 1 aromatic carbocycles. The van der Waals surface area contributed by atoms with Gasteiger partial charge < -0.3 is 15.3 Å². The molecule has 1 aromatic rings. The molecular formula is C18H25FN2O3. The zero-order chi connectivity index (χ0) is 17.7. The van der Waals surface area contributed by atoms with Crippen LogP contribution in [0, 0.1) is 17.7 Å². The van der Waals surface area contributed by atoms with Gasteiger partial charge >= 0.3 is 6.09 Å². The quantitative estimate of drug-likeness (QED) is 0.866. The van der Waals surface area contributed by atoms with Crippen molar-refractivity contribution in [2.45, 2.75) is 39.2 Å². The van der Waals surface area contributed by atoms with E-state index in [1.165, 1.54) is 29.2 Å². The first-order chi connectivity index (χ1) is 11.4. The van der Waals surface area contributed by atoms with Gasteiger partial charge in [-0.2, -0.15) is 0 Å². The van der Waals surface area contributed by atoms with E-state index < -0.39 is 6.09 Å². The van der Waals surface area contributed by atoms with Gasteiger partial charge in [0.2, 0.25) is 0 Å². The van der Waals surface area contributed by atoms with Crippen molar-refractivity contribution in [3.63, 3.8) is 0 Å². The van der Waals surface area contributed by atoms with Crippen LogP contribution in [0.5, 0.6) is 0 Å². The number of likely N-dealkylation sites (tertiary alicyclic amines) is 1. The molecule has 0 aliphatic carbocycles. The van der Waals surface area contributed by atoms with Gasteiger partial charge in [-0.15, -0.1) is 0 Å². The highest BCUT2D eigenvalue weighted by atomic mass is 19.1. The minimum absolute atomic E-state index is 0.00139. The molecule has 0 unspecified atom stereocenters. The number of carboxylic acid groups (broad SMARTS) is 1. The average molecular weight is 336 g/mol. The second-order valence-corrected chi connectivity index (χ2v) is 6.82. The molecule has 1 atom stereocenters. The monoisotopic (exact) mass is 336 g/mol. The Hall–Kier alpha value is -2.11. The molecule has 24 heavy (non-hydrogen) atoms. The smallest absolute Gasteiger partial charge is 0.407 e. The molecule has 132 valence electrons. The third-order valence-corrected chi connectivity index (χ3v) is 4.53. The molecule has 1 fully saturated rings. The first kappa shape index (κ1) is 18.2. The maximum absolute atomic E-state index is 13.0. The summed E-state index contributed by atoms with van der Waals surface area (Å²) in [6, 6.07) is 5.50. The summed E-state index contributed by atoms with van der Waals surface area (Å²) in [6.07, 6.45) is 1.44. The Labute approximate surface area is 141 Å². The Morgan fingerprint density at radius 2 is 1.83 bits per heavy atom. The highest BCUT2D eigenvalue weighted by Crippen LogP contribution is 2.25. The van der Waals surface area contributed by atoms with Crippen LogP contribution in [0.3, 0.4) is 0 Å². The lowest BCUT2D eigenvalue weighted by atomic mass is 9.85. The summed E-state index contributed by atoms with van der Waals surface area (Å²) in [5.41, 5.74) is 0.438. The molecule has 0 spiro atoms. The lowest BCUT2D eigenvalue weighted by molar-refractivity contribution is 0.0865. The fraction of sp³-hybridized carbons (Fsp3) is 0.556. The second kappa shape index (κ2) is 8.13. The number of rotatable bonds is 5. The van der Waals surface area contributed by atoms with Crippen LogP contribution in [-0.4, -0.2) is 41.1 Å². The lowest BCUT2D eigenvalue weighted by Crippen LogP contribution is -2.47. The Morgan fingerprint density at radius 1 is 1.25 bits per heavy atom. The van der Waals surface area contributed by atoms with Crippen molar-refractivity contribution in [3.05, 3.63) is 35.6 Å². The molecule has 1 aliphatic heterocycles. The van der Waals surface area contributed by atoms with E-state index in [2.05, 4.69) is 19.2 Å². The lowest BCUT2D eigenvalue weighted by Gasteiger charge is -2.36. The molecule has 0 aromatic heterocycles. The Balaban J connectivity index is 2.01. The van der Waals surface area contributed by atoms with Crippen molar-refractivity contribution in [1.29, 1.82) is 0 Å². The SMILES string of the molecule is CC(C)C[C@@H](NC(=O)c1ccc(F)cc1)C1CCN(C(=O)O)CC1. The van der Waals surface area contributed by atoms with Crippen LogP contribution in [-0.2, 0) is 0 Å². The summed E-state index contributed by atoms with van der Waals surface area (Å²) < 4.78 is 13.0. The Kier molecular flexibility index (Phi) is 6.17. The second-order valence-electron chi connectivity index (χ2n) is 6.82. The van der Waals surface area contributed by atoms with Crippen LogP contribution in [0.25, 0.3) is 0 Å². The molecule has 1 heterocycles. The minimum atomic E-state index is -0.885. The standard InChI is InChI=1S/C18H25FN2O3/c1-12(2)11-16(13-7-9-21(10-8-13)18(23)24)20-17(22)14-3-5-15(19)6-4-14/h3-6,12-13,16H,7-11H2,1-2H3,(H,20,22)(H,23,24)/t16-/m1/s1. The van der Waals surface area contributed by atoms with Crippen LogP contribution in [0.2, 0.25) is 0 Å². The van der Waals surface area contributed by atoms with E-state index in [1.54, 1.807) is 0 Å². The summed E-state index contributed by atoms with van der Waals surface area (Å²) in [6.45, 7) is 5.20. The third kappa shape index (κ3) is 4.94. The molecule has 2 amide bonds. The van der Waals surface area contributed by atoms with Gasteiger partial charge in [0.25, 0.3) is 5.91 Å². The van der Waals surface area contributed by atoms with Crippen molar-refractivity contribution in [1.82, 2.24) is 10.2 Å². The van der Waals surface area contributed by atoms with Crippen molar-refractivity contribution in [2.24, 2.45) is 11.8 Å². The largest absolute Gasteiger partial charge is 0.465 e. The number of carbonyl (C=O) groups excluding carboxylic acids is 1. The molecular weight excluding hydrogens is 311 g/mol. The van der Waals surface area contributed by atoms with E-state index >= 15 is 0 Å². The van der Waals surface area contributed by atoms with Crippen molar-refractivity contribution < 1.29 is 19.1 Å². The first-order valence-corrected chi connectivity index (χ1v) is 8.41. The molecule has 2 rings (SSSR count). The number of hydrogen-bond acceptors (Lipinski definition) is 2. The van der Waals surface area contributed by atoms with E-state index in [0.717, 1.165) is 19.3 Å². The predicted molar refractivity (Wildman–Crippen MR) is 89.4 cm³/mol. The van der Waals surface area contributed by atoms with Crippen LogP contribution in [0.15, 0.2) is 24.3 Å². The maximum Gasteiger partial charge on any atom is 0.407 e. The van der Waals surface area contributed by atoms with Gasteiger partial charge in [0, 0.05) is 24.7 Å². The van der Waals surface area contributed by atoms with Gasteiger partial charge in [0.1, 0.15) is 5.82 Å². The Bertz CT molecular complexity index is 566. The van der Waals surface area contributed by atoms with Crippen molar-refractivity contribution in [3.8, 4) is 0 Å². The zero-order valence-corrected chi connectivity index (χ0v) is 14.2. The molecule has 0 saturated carbocycles. The van der Waals surface area contributed by atoms with Gasteiger partial charge in [-0.1, -0.05) is 13.8 Å². The highest BCUT2D eigenvalue weighted by Gasteiger charge is 2.29. The first-order valence-electron chi connectivity index (χ1n) is 8.41. The molecule has 0 radical (unpaired) electrons. The van der Waals surface area contributed by atoms with Gasteiger partial charge in [0.15, 0.2) is 0 Å². The van der Waals surface area contributed by atoms with Crippen LogP contribution in [0.4, 0.5) is 9.18 Å². The number of nitrogens with zero attached hydrogens (tertiary/aromatic N) is 1. The molecule has 1 aliphatic rings. The summed E-state index contributed by atoms with van der Waals surface area (Å²) >= 11 is 0. The predicted octanol–water partition coefficient (Wildman–Crippen LogP) is 3.36. The molecule has 0 bridgehead atoms. The van der Waals surface area contributed by atoms with Gasteiger partial charge in [0.05, 0.1) is 0 Å². The number of benzene rings is 1. The number of piperidine rings is 1. The molecule has 1 saturated heterocycles. The number of nitrogens with one attached hydrogen (secondary N) is 1. The van der Waals surface area contributed by atoms with E-state index in [4.69, 9.17) is 5.11 Å². The fourth-order valence-electron chi connectivity index (χ4n) is 3.22. The maximum atomic E-state index is 13.0. The molecule has 6 heteroatoms. The number of amides is 2. The zero-order valence-electron chi connectivity index (χ0n) is 14.2. The van der Waals surface area contributed by atoms with Crippen LogP contribution in [0.1, 0.15) is 43.5 Å². The molecule has 5 nitrogen and oxygen atoms in total. The Morgan fingerprint density at radius 3 is 2.33 bits per heavy atom.